The van der Waals surface area contributed by atoms with E-state index in [1.54, 1.807) is 6.07 Å². The number of nitrogens with zero attached hydrogens (tertiary/aromatic N) is 2. The Kier molecular flexibility index (Phi) is 2.59. The summed E-state index contributed by atoms with van der Waals surface area (Å²) in [5.41, 5.74) is 0.382. The van der Waals surface area contributed by atoms with Crippen LogP contribution in [0.25, 0.3) is 0 Å². The van der Waals surface area contributed by atoms with Crippen molar-refractivity contribution in [2.24, 2.45) is 0 Å². The molecule has 2 amide bonds. The Hall–Kier alpha value is -1.93. The molecule has 1 aromatic heterocycles. The van der Waals surface area contributed by atoms with Crippen LogP contribution in [0.1, 0.15) is 17.4 Å². The lowest BCUT2D eigenvalue weighted by Gasteiger charge is -2.10. The van der Waals surface area contributed by atoms with Crippen LogP contribution in [0.5, 0.6) is 0 Å². The maximum atomic E-state index is 11.5. The van der Waals surface area contributed by atoms with Gasteiger partial charge in [0.1, 0.15) is 11.1 Å². The van der Waals surface area contributed by atoms with Crippen LogP contribution in [0.15, 0.2) is 18.2 Å². The average Bonchev–Trinajstić information content (AvgIpc) is 2.82. The van der Waals surface area contributed by atoms with Gasteiger partial charge < -0.3 is 0 Å². The van der Waals surface area contributed by atoms with Gasteiger partial charge in [-0.25, -0.2) is 4.90 Å². The minimum absolute atomic E-state index is 0.382. The first-order chi connectivity index (χ1) is 7.67. The van der Waals surface area contributed by atoms with Crippen molar-refractivity contribution in [3.05, 3.63) is 28.7 Å². The minimum Gasteiger partial charge on any atom is -0.269 e. The van der Waals surface area contributed by atoms with Crippen LogP contribution in [0, 0.1) is 11.3 Å². The van der Waals surface area contributed by atoms with Crippen molar-refractivity contribution in [3.63, 3.8) is 0 Å². The standard InChI is InChI=1S/C11H8N2O2S/c1-2-8-5-7(6-12)11(16-8)13-9(14)3-4-10(13)15/h3-5H,2H2,1H3. The van der Waals surface area contributed by atoms with Gasteiger partial charge in [-0.2, -0.15) is 5.26 Å². The average molecular weight is 232 g/mol. The van der Waals surface area contributed by atoms with Crippen LogP contribution in [0.3, 0.4) is 0 Å². The van der Waals surface area contributed by atoms with E-state index in [-0.39, 0.29) is 11.8 Å². The maximum absolute atomic E-state index is 11.5. The molecule has 1 aromatic rings. The van der Waals surface area contributed by atoms with E-state index in [0.29, 0.717) is 10.6 Å². The zero-order valence-electron chi connectivity index (χ0n) is 8.56. The van der Waals surface area contributed by atoms with Crippen molar-refractivity contribution in [1.29, 1.82) is 5.26 Å². The molecule has 16 heavy (non-hydrogen) atoms. The van der Waals surface area contributed by atoms with Crippen molar-refractivity contribution in [1.82, 2.24) is 0 Å². The number of imide groups is 1. The lowest BCUT2D eigenvalue weighted by Crippen LogP contribution is -2.29. The second-order valence-electron chi connectivity index (χ2n) is 3.24. The Morgan fingerprint density at radius 2 is 2.00 bits per heavy atom. The number of hydrogen-bond acceptors (Lipinski definition) is 4. The molecule has 0 spiro atoms. The number of nitriles is 1. The molecule has 2 rings (SSSR count). The summed E-state index contributed by atoms with van der Waals surface area (Å²) in [6, 6.07) is 3.73. The molecule has 0 fully saturated rings. The number of amides is 2. The van der Waals surface area contributed by atoms with E-state index < -0.39 is 0 Å². The van der Waals surface area contributed by atoms with Crippen molar-refractivity contribution < 1.29 is 9.59 Å². The van der Waals surface area contributed by atoms with E-state index in [0.717, 1.165) is 16.2 Å². The molecule has 80 valence electrons. The van der Waals surface area contributed by atoms with E-state index in [1.807, 2.05) is 13.0 Å². The molecule has 0 aromatic carbocycles. The lowest BCUT2D eigenvalue weighted by molar-refractivity contribution is -0.119. The van der Waals surface area contributed by atoms with Crippen LogP contribution in [0.2, 0.25) is 0 Å². The van der Waals surface area contributed by atoms with E-state index in [2.05, 4.69) is 0 Å². The molecule has 0 saturated heterocycles. The molecule has 0 radical (unpaired) electrons. The summed E-state index contributed by atoms with van der Waals surface area (Å²) < 4.78 is 0. The van der Waals surface area contributed by atoms with Gasteiger partial charge in [-0.05, 0) is 12.5 Å². The molecule has 0 bridgehead atoms. The smallest absolute Gasteiger partial charge is 0.258 e. The first-order valence-electron chi connectivity index (χ1n) is 4.76. The summed E-state index contributed by atoms with van der Waals surface area (Å²) in [5.74, 6) is -0.767. The predicted octanol–water partition coefficient (Wildman–Crippen LogP) is 1.61. The summed E-state index contributed by atoms with van der Waals surface area (Å²) in [5, 5.41) is 9.38. The van der Waals surface area contributed by atoms with E-state index in [4.69, 9.17) is 5.26 Å². The first-order valence-corrected chi connectivity index (χ1v) is 5.58. The van der Waals surface area contributed by atoms with Crippen molar-refractivity contribution in [2.75, 3.05) is 4.90 Å². The number of rotatable bonds is 2. The second kappa shape index (κ2) is 3.91. The van der Waals surface area contributed by atoms with E-state index in [9.17, 15) is 9.59 Å². The zero-order valence-corrected chi connectivity index (χ0v) is 9.37. The Morgan fingerprint density at radius 3 is 2.50 bits per heavy atom. The SMILES string of the molecule is CCc1cc(C#N)c(N2C(=O)C=CC2=O)s1. The third kappa shape index (κ3) is 1.53. The molecule has 1 aliphatic rings. The van der Waals surface area contributed by atoms with Gasteiger partial charge in [-0.1, -0.05) is 6.92 Å². The lowest BCUT2D eigenvalue weighted by atomic mass is 10.3. The van der Waals surface area contributed by atoms with Gasteiger partial charge in [-0.3, -0.25) is 9.59 Å². The molecule has 0 saturated carbocycles. The highest BCUT2D eigenvalue weighted by atomic mass is 32.1. The molecule has 4 nitrogen and oxygen atoms in total. The Bertz CT molecular complexity index is 519. The largest absolute Gasteiger partial charge is 0.269 e. The number of carbonyl (C=O) groups excluding carboxylic acids is 2. The second-order valence-corrected chi connectivity index (χ2v) is 4.36. The van der Waals surface area contributed by atoms with Gasteiger partial charge >= 0.3 is 0 Å². The van der Waals surface area contributed by atoms with Crippen molar-refractivity contribution in [2.45, 2.75) is 13.3 Å². The molecule has 0 unspecified atom stereocenters. The van der Waals surface area contributed by atoms with Crippen LogP contribution in [0.4, 0.5) is 5.00 Å². The zero-order chi connectivity index (χ0) is 11.7. The number of anilines is 1. The van der Waals surface area contributed by atoms with E-state index in [1.165, 1.54) is 23.5 Å². The molecular weight excluding hydrogens is 224 g/mol. The van der Waals surface area contributed by atoms with Gasteiger partial charge in [0.2, 0.25) is 0 Å². The van der Waals surface area contributed by atoms with Crippen molar-refractivity contribution >= 4 is 28.2 Å². The fourth-order valence-corrected chi connectivity index (χ4v) is 2.51. The van der Waals surface area contributed by atoms with Crippen LogP contribution >= 0.6 is 11.3 Å². The van der Waals surface area contributed by atoms with E-state index >= 15 is 0 Å². The van der Waals surface area contributed by atoms with Crippen LogP contribution in [-0.4, -0.2) is 11.8 Å². The van der Waals surface area contributed by atoms with Gasteiger partial charge in [0.25, 0.3) is 11.8 Å². The topological polar surface area (TPSA) is 61.2 Å². The van der Waals surface area contributed by atoms with Crippen LogP contribution < -0.4 is 4.90 Å². The number of hydrogen-bond donors (Lipinski definition) is 0. The first kappa shape index (κ1) is 10.6. The molecule has 1 aliphatic heterocycles. The highest BCUT2D eigenvalue weighted by Gasteiger charge is 2.29. The fraction of sp³-hybridized carbons (Fsp3) is 0.182. The van der Waals surface area contributed by atoms with Gasteiger partial charge in [-0.15, -0.1) is 11.3 Å². The highest BCUT2D eigenvalue weighted by molar-refractivity contribution is 7.16. The number of thiophene rings is 1. The quantitative estimate of drug-likeness (QED) is 0.728. The van der Waals surface area contributed by atoms with Gasteiger partial charge in [0.05, 0.1) is 5.56 Å². The Balaban J connectivity index is 2.48. The van der Waals surface area contributed by atoms with Crippen molar-refractivity contribution in [3.8, 4) is 6.07 Å². The third-order valence-electron chi connectivity index (χ3n) is 2.24. The molecule has 5 heteroatoms. The van der Waals surface area contributed by atoms with Crippen LogP contribution in [-0.2, 0) is 16.0 Å². The Labute approximate surface area is 96.4 Å². The summed E-state index contributed by atoms with van der Waals surface area (Å²) >= 11 is 1.31. The Morgan fingerprint density at radius 1 is 1.38 bits per heavy atom. The molecule has 0 aliphatic carbocycles. The monoisotopic (exact) mass is 232 g/mol. The highest BCUT2D eigenvalue weighted by Crippen LogP contribution is 2.33. The maximum Gasteiger partial charge on any atom is 0.258 e. The number of aryl methyl sites for hydroxylation is 1. The normalized spacial score (nSPS) is 14.6. The van der Waals surface area contributed by atoms with Gasteiger partial charge in [0, 0.05) is 17.0 Å². The summed E-state index contributed by atoms with van der Waals surface area (Å²) in [4.78, 5) is 25.0. The summed E-state index contributed by atoms with van der Waals surface area (Å²) in [7, 11) is 0. The summed E-state index contributed by atoms with van der Waals surface area (Å²) in [6.45, 7) is 1.96. The third-order valence-corrected chi connectivity index (χ3v) is 3.51. The molecular formula is C11H8N2O2S. The number of carbonyl (C=O) groups is 2. The van der Waals surface area contributed by atoms with Gasteiger partial charge in [0.15, 0.2) is 0 Å². The minimum atomic E-state index is -0.383. The molecule has 0 N–H and O–H groups in total. The fourth-order valence-electron chi connectivity index (χ4n) is 1.45. The molecule has 2 heterocycles. The molecule has 0 atom stereocenters. The summed E-state index contributed by atoms with van der Waals surface area (Å²) in [6.07, 6.45) is 3.21. The predicted molar refractivity (Wildman–Crippen MR) is 60.0 cm³/mol.